The van der Waals surface area contributed by atoms with Gasteiger partial charge in [0.25, 0.3) is 5.91 Å². The SMILES string of the molecule is CC1=CNNC(C(=O)N2CCC(O)CC2)=C1. The van der Waals surface area contributed by atoms with Crippen LogP contribution in [-0.4, -0.2) is 35.1 Å². The van der Waals surface area contributed by atoms with E-state index in [0.29, 0.717) is 31.6 Å². The fraction of sp³-hybridized carbons (Fsp3) is 0.545. The van der Waals surface area contributed by atoms with E-state index in [9.17, 15) is 9.90 Å². The van der Waals surface area contributed by atoms with Crippen LogP contribution >= 0.6 is 0 Å². The number of nitrogens with one attached hydrogen (secondary N) is 2. The van der Waals surface area contributed by atoms with Gasteiger partial charge in [-0.15, -0.1) is 0 Å². The molecule has 1 fully saturated rings. The molecular formula is C11H17N3O2. The van der Waals surface area contributed by atoms with Gasteiger partial charge in [-0.25, -0.2) is 0 Å². The van der Waals surface area contributed by atoms with Crippen molar-refractivity contribution in [3.8, 4) is 0 Å². The van der Waals surface area contributed by atoms with E-state index in [0.717, 1.165) is 5.57 Å². The van der Waals surface area contributed by atoms with Gasteiger partial charge in [0, 0.05) is 19.3 Å². The van der Waals surface area contributed by atoms with Crippen molar-refractivity contribution < 1.29 is 9.90 Å². The number of carbonyl (C=O) groups is 1. The number of allylic oxidation sites excluding steroid dienone is 2. The van der Waals surface area contributed by atoms with Crippen LogP contribution in [-0.2, 0) is 4.79 Å². The van der Waals surface area contributed by atoms with Crippen LogP contribution in [0.25, 0.3) is 0 Å². The molecule has 16 heavy (non-hydrogen) atoms. The highest BCUT2D eigenvalue weighted by atomic mass is 16.3. The van der Waals surface area contributed by atoms with Crippen LogP contribution in [0.5, 0.6) is 0 Å². The first-order chi connectivity index (χ1) is 7.66. The van der Waals surface area contributed by atoms with Gasteiger partial charge in [-0.1, -0.05) is 0 Å². The molecule has 88 valence electrons. The predicted molar refractivity (Wildman–Crippen MR) is 59.9 cm³/mol. The van der Waals surface area contributed by atoms with Gasteiger partial charge in [0.15, 0.2) is 0 Å². The summed E-state index contributed by atoms with van der Waals surface area (Å²) in [6, 6.07) is 0. The maximum Gasteiger partial charge on any atom is 0.271 e. The van der Waals surface area contributed by atoms with E-state index in [1.807, 2.05) is 13.0 Å². The molecular weight excluding hydrogens is 206 g/mol. The van der Waals surface area contributed by atoms with Crippen LogP contribution in [0, 0.1) is 0 Å². The second-order valence-electron chi connectivity index (χ2n) is 4.24. The first-order valence-corrected chi connectivity index (χ1v) is 5.54. The van der Waals surface area contributed by atoms with Gasteiger partial charge in [-0.3, -0.25) is 10.2 Å². The number of nitrogens with zero attached hydrogens (tertiary/aromatic N) is 1. The molecule has 0 aromatic heterocycles. The van der Waals surface area contributed by atoms with Crippen molar-refractivity contribution in [1.82, 2.24) is 15.8 Å². The van der Waals surface area contributed by atoms with Crippen LogP contribution in [0.3, 0.4) is 0 Å². The number of hydrogen-bond acceptors (Lipinski definition) is 4. The molecule has 0 aromatic rings. The van der Waals surface area contributed by atoms with Crippen molar-refractivity contribution in [3.05, 3.63) is 23.5 Å². The molecule has 0 bridgehead atoms. The van der Waals surface area contributed by atoms with Crippen LogP contribution in [0.2, 0.25) is 0 Å². The topological polar surface area (TPSA) is 64.6 Å². The van der Waals surface area contributed by atoms with Gasteiger partial charge < -0.3 is 15.4 Å². The third kappa shape index (κ3) is 2.36. The number of hydrogen-bond donors (Lipinski definition) is 3. The Morgan fingerprint density at radius 3 is 2.81 bits per heavy atom. The Labute approximate surface area is 94.8 Å². The Morgan fingerprint density at radius 2 is 2.19 bits per heavy atom. The third-order valence-electron chi connectivity index (χ3n) is 2.86. The first-order valence-electron chi connectivity index (χ1n) is 5.54. The lowest BCUT2D eigenvalue weighted by Gasteiger charge is -2.31. The minimum atomic E-state index is -0.253. The second kappa shape index (κ2) is 4.57. The van der Waals surface area contributed by atoms with Gasteiger partial charge in [0.1, 0.15) is 5.70 Å². The molecule has 2 rings (SSSR count). The van der Waals surface area contributed by atoms with E-state index in [2.05, 4.69) is 10.9 Å². The van der Waals surface area contributed by atoms with E-state index < -0.39 is 0 Å². The molecule has 0 saturated carbocycles. The molecule has 0 radical (unpaired) electrons. The molecule has 2 heterocycles. The van der Waals surface area contributed by atoms with E-state index >= 15 is 0 Å². The van der Waals surface area contributed by atoms with Crippen LogP contribution in [0.1, 0.15) is 19.8 Å². The van der Waals surface area contributed by atoms with Crippen molar-refractivity contribution in [1.29, 1.82) is 0 Å². The largest absolute Gasteiger partial charge is 0.393 e. The van der Waals surface area contributed by atoms with Gasteiger partial charge in [0.2, 0.25) is 0 Å². The molecule has 5 nitrogen and oxygen atoms in total. The van der Waals surface area contributed by atoms with Gasteiger partial charge in [0.05, 0.1) is 6.10 Å². The third-order valence-corrected chi connectivity index (χ3v) is 2.86. The van der Waals surface area contributed by atoms with Crippen molar-refractivity contribution in [2.24, 2.45) is 0 Å². The Balaban J connectivity index is 2.00. The van der Waals surface area contributed by atoms with Crippen molar-refractivity contribution in [3.63, 3.8) is 0 Å². The molecule has 0 unspecified atom stereocenters. The summed E-state index contributed by atoms with van der Waals surface area (Å²) in [5, 5.41) is 9.37. The maximum atomic E-state index is 12.1. The quantitative estimate of drug-likeness (QED) is 0.579. The first kappa shape index (κ1) is 11.0. The van der Waals surface area contributed by atoms with Gasteiger partial charge in [-0.05, 0) is 31.4 Å². The molecule has 5 heteroatoms. The average Bonchev–Trinajstić information content (AvgIpc) is 2.29. The highest BCUT2D eigenvalue weighted by Crippen LogP contribution is 2.13. The summed E-state index contributed by atoms with van der Waals surface area (Å²) < 4.78 is 0. The normalized spacial score (nSPS) is 21.8. The van der Waals surface area contributed by atoms with Crippen LogP contribution in [0.4, 0.5) is 0 Å². The number of amides is 1. The lowest BCUT2D eigenvalue weighted by atomic mass is 10.1. The average molecular weight is 223 g/mol. The number of rotatable bonds is 1. The van der Waals surface area contributed by atoms with Crippen molar-refractivity contribution in [2.75, 3.05) is 13.1 Å². The number of aliphatic hydroxyl groups excluding tert-OH is 1. The Morgan fingerprint density at radius 1 is 1.50 bits per heavy atom. The summed E-state index contributed by atoms with van der Waals surface area (Å²) in [5.41, 5.74) is 7.25. The minimum Gasteiger partial charge on any atom is -0.393 e. The Hall–Kier alpha value is -1.49. The molecule has 0 atom stereocenters. The summed E-state index contributed by atoms with van der Waals surface area (Å²) in [6.45, 7) is 3.19. The summed E-state index contributed by atoms with van der Waals surface area (Å²) >= 11 is 0. The molecule has 3 N–H and O–H groups in total. The summed E-state index contributed by atoms with van der Waals surface area (Å²) in [4.78, 5) is 13.8. The summed E-state index contributed by atoms with van der Waals surface area (Å²) in [5.74, 6) is -0.00755. The Bertz CT molecular complexity index is 341. The lowest BCUT2D eigenvalue weighted by Crippen LogP contribution is -2.45. The van der Waals surface area contributed by atoms with E-state index in [-0.39, 0.29) is 12.0 Å². The second-order valence-corrected chi connectivity index (χ2v) is 4.24. The number of piperidine rings is 1. The van der Waals surface area contributed by atoms with E-state index in [4.69, 9.17) is 0 Å². The number of carbonyl (C=O) groups excluding carboxylic acids is 1. The predicted octanol–water partition coefficient (Wildman–Crippen LogP) is -0.135. The van der Waals surface area contributed by atoms with Crippen LogP contribution in [0.15, 0.2) is 23.5 Å². The fourth-order valence-corrected chi connectivity index (χ4v) is 1.89. The maximum absolute atomic E-state index is 12.1. The van der Waals surface area contributed by atoms with Crippen LogP contribution < -0.4 is 10.9 Å². The highest BCUT2D eigenvalue weighted by molar-refractivity contribution is 5.93. The standard InChI is InChI=1S/C11H17N3O2/c1-8-6-10(13-12-7-8)11(16)14-4-2-9(15)3-5-14/h6-7,9,12-13,15H,2-5H2,1H3. The van der Waals surface area contributed by atoms with Gasteiger partial charge >= 0.3 is 0 Å². The smallest absolute Gasteiger partial charge is 0.271 e. The molecule has 2 aliphatic heterocycles. The van der Waals surface area contributed by atoms with E-state index in [1.54, 1.807) is 11.1 Å². The molecule has 1 amide bonds. The summed E-state index contributed by atoms with van der Waals surface area (Å²) in [7, 11) is 0. The Kier molecular flexibility index (Phi) is 3.14. The zero-order valence-corrected chi connectivity index (χ0v) is 9.36. The van der Waals surface area contributed by atoms with Crippen molar-refractivity contribution in [2.45, 2.75) is 25.9 Å². The minimum absolute atomic E-state index is 0.00755. The van der Waals surface area contributed by atoms with E-state index in [1.165, 1.54) is 0 Å². The fourth-order valence-electron chi connectivity index (χ4n) is 1.89. The zero-order valence-electron chi connectivity index (χ0n) is 9.36. The highest BCUT2D eigenvalue weighted by Gasteiger charge is 2.24. The van der Waals surface area contributed by atoms with Crippen molar-refractivity contribution >= 4 is 5.91 Å². The lowest BCUT2D eigenvalue weighted by molar-refractivity contribution is -0.129. The molecule has 0 spiro atoms. The zero-order chi connectivity index (χ0) is 11.5. The number of likely N-dealkylation sites (tertiary alicyclic amines) is 1. The molecule has 1 saturated heterocycles. The van der Waals surface area contributed by atoms with Gasteiger partial charge in [-0.2, -0.15) is 0 Å². The number of aliphatic hydroxyl groups is 1. The molecule has 2 aliphatic rings. The monoisotopic (exact) mass is 223 g/mol. The number of hydrazine groups is 1. The molecule has 0 aromatic carbocycles. The molecule has 0 aliphatic carbocycles. The summed E-state index contributed by atoms with van der Waals surface area (Å²) in [6.07, 6.45) is 4.71.